The van der Waals surface area contributed by atoms with E-state index < -0.39 is 0 Å². The molecule has 2 aromatic carbocycles. The van der Waals surface area contributed by atoms with Gasteiger partial charge in [-0.25, -0.2) is 0 Å². The summed E-state index contributed by atoms with van der Waals surface area (Å²) < 4.78 is 11.2. The van der Waals surface area contributed by atoms with Crippen LogP contribution in [0.5, 0.6) is 0 Å². The van der Waals surface area contributed by atoms with Gasteiger partial charge in [0, 0.05) is 11.1 Å². The summed E-state index contributed by atoms with van der Waals surface area (Å²) in [6.45, 7) is 2.02. The fourth-order valence-electron chi connectivity index (χ4n) is 2.97. The van der Waals surface area contributed by atoms with Crippen molar-refractivity contribution in [1.82, 2.24) is 35.6 Å². The highest BCUT2D eigenvalue weighted by Crippen LogP contribution is 2.33. The maximum Gasteiger partial charge on any atom is 0.253 e. The van der Waals surface area contributed by atoms with E-state index in [1.165, 1.54) is 4.80 Å². The third-order valence-electron chi connectivity index (χ3n) is 4.35. The molecule has 0 aliphatic heterocycles. The van der Waals surface area contributed by atoms with Crippen molar-refractivity contribution in [3.63, 3.8) is 0 Å². The SMILES string of the molecule is Cc1onc(-c2ccccc2)c1-c1nnc(Cn2nnc(-c3ccccc3)n2)o1. The molecule has 0 unspecified atom stereocenters. The van der Waals surface area contributed by atoms with Crippen LogP contribution in [0.1, 0.15) is 11.7 Å². The molecule has 3 heterocycles. The van der Waals surface area contributed by atoms with E-state index in [1.807, 2.05) is 67.6 Å². The zero-order chi connectivity index (χ0) is 19.6. The number of hydrogen-bond donors (Lipinski definition) is 0. The summed E-state index contributed by atoms with van der Waals surface area (Å²) in [5.74, 6) is 1.83. The van der Waals surface area contributed by atoms with E-state index in [9.17, 15) is 0 Å². The minimum absolute atomic E-state index is 0.206. The minimum Gasteiger partial charge on any atom is -0.418 e. The van der Waals surface area contributed by atoms with E-state index in [1.54, 1.807) is 0 Å². The highest BCUT2D eigenvalue weighted by atomic mass is 16.5. The molecule has 0 saturated heterocycles. The Morgan fingerprint density at radius 2 is 1.59 bits per heavy atom. The molecule has 0 aliphatic rings. The van der Waals surface area contributed by atoms with Crippen molar-refractivity contribution in [1.29, 1.82) is 0 Å². The lowest BCUT2D eigenvalue weighted by atomic mass is 10.1. The highest BCUT2D eigenvalue weighted by Gasteiger charge is 2.22. The van der Waals surface area contributed by atoms with E-state index in [4.69, 9.17) is 8.94 Å². The molecule has 0 radical (unpaired) electrons. The van der Waals surface area contributed by atoms with Crippen LogP contribution in [-0.2, 0) is 6.54 Å². The van der Waals surface area contributed by atoms with Crippen molar-refractivity contribution in [2.75, 3.05) is 0 Å². The van der Waals surface area contributed by atoms with Gasteiger partial charge in [-0.3, -0.25) is 0 Å². The lowest BCUT2D eigenvalue weighted by Gasteiger charge is -1.98. The Hall–Kier alpha value is -4.14. The van der Waals surface area contributed by atoms with E-state index >= 15 is 0 Å². The van der Waals surface area contributed by atoms with Gasteiger partial charge in [0.15, 0.2) is 0 Å². The molecule has 9 nitrogen and oxygen atoms in total. The number of rotatable bonds is 5. The quantitative estimate of drug-likeness (QED) is 0.453. The second-order valence-electron chi connectivity index (χ2n) is 6.34. The van der Waals surface area contributed by atoms with Crippen molar-refractivity contribution < 1.29 is 8.94 Å². The third-order valence-corrected chi connectivity index (χ3v) is 4.35. The molecule has 5 rings (SSSR count). The van der Waals surface area contributed by atoms with Gasteiger partial charge < -0.3 is 8.94 Å². The predicted octanol–water partition coefficient (Wildman–Crippen LogP) is 3.40. The molecule has 0 spiro atoms. The summed E-state index contributed by atoms with van der Waals surface area (Å²) >= 11 is 0. The minimum atomic E-state index is 0.206. The van der Waals surface area contributed by atoms with Crippen LogP contribution in [0.4, 0.5) is 0 Å². The fourth-order valence-corrected chi connectivity index (χ4v) is 2.97. The van der Waals surface area contributed by atoms with E-state index in [-0.39, 0.29) is 6.54 Å². The first-order chi connectivity index (χ1) is 14.3. The monoisotopic (exact) mass is 385 g/mol. The Labute approximate surface area is 165 Å². The highest BCUT2D eigenvalue weighted by molar-refractivity contribution is 5.77. The summed E-state index contributed by atoms with van der Waals surface area (Å²) in [7, 11) is 0. The molecule has 29 heavy (non-hydrogen) atoms. The van der Waals surface area contributed by atoms with Gasteiger partial charge in [-0.1, -0.05) is 65.8 Å². The van der Waals surface area contributed by atoms with Crippen LogP contribution >= 0.6 is 0 Å². The molecule has 0 saturated carbocycles. The van der Waals surface area contributed by atoms with Crippen LogP contribution in [0.2, 0.25) is 0 Å². The van der Waals surface area contributed by atoms with Crippen LogP contribution in [0, 0.1) is 6.92 Å². The summed E-state index contributed by atoms with van der Waals surface area (Å²) in [5.41, 5.74) is 3.12. The average molecular weight is 385 g/mol. The Morgan fingerprint density at radius 1 is 0.862 bits per heavy atom. The van der Waals surface area contributed by atoms with Crippen LogP contribution in [-0.4, -0.2) is 35.6 Å². The maximum atomic E-state index is 5.84. The molecule has 9 heteroatoms. The number of aryl methyl sites for hydroxylation is 1. The predicted molar refractivity (Wildman–Crippen MR) is 102 cm³/mol. The molecule has 5 aromatic rings. The number of aromatic nitrogens is 7. The van der Waals surface area contributed by atoms with Crippen LogP contribution in [0.15, 0.2) is 69.6 Å². The van der Waals surface area contributed by atoms with Gasteiger partial charge in [0.1, 0.15) is 23.6 Å². The summed E-state index contributed by atoms with van der Waals surface area (Å²) in [4.78, 5) is 1.41. The molecular weight excluding hydrogens is 370 g/mol. The Bertz CT molecular complexity index is 1240. The molecule has 3 aromatic heterocycles. The first-order valence-corrected chi connectivity index (χ1v) is 8.95. The van der Waals surface area contributed by atoms with Crippen molar-refractivity contribution in [2.45, 2.75) is 13.5 Å². The molecule has 0 atom stereocenters. The van der Waals surface area contributed by atoms with Gasteiger partial charge in [0.2, 0.25) is 11.7 Å². The van der Waals surface area contributed by atoms with Gasteiger partial charge in [0.05, 0.1) is 0 Å². The first kappa shape index (κ1) is 17.0. The van der Waals surface area contributed by atoms with Crippen molar-refractivity contribution >= 4 is 0 Å². The van der Waals surface area contributed by atoms with E-state index in [2.05, 4.69) is 30.8 Å². The lowest BCUT2D eigenvalue weighted by Crippen LogP contribution is -2.04. The topological polar surface area (TPSA) is 109 Å². The Kier molecular flexibility index (Phi) is 4.17. The van der Waals surface area contributed by atoms with Gasteiger partial charge in [0.25, 0.3) is 5.89 Å². The summed E-state index contributed by atoms with van der Waals surface area (Å²) in [6, 6.07) is 19.3. The zero-order valence-corrected chi connectivity index (χ0v) is 15.4. The molecule has 142 valence electrons. The number of tetrazole rings is 1. The molecule has 0 bridgehead atoms. The average Bonchev–Trinajstić information content (AvgIpc) is 3.50. The van der Waals surface area contributed by atoms with Crippen molar-refractivity contribution in [2.24, 2.45) is 0 Å². The molecule has 0 fully saturated rings. The number of hydrogen-bond acceptors (Lipinski definition) is 8. The summed E-state index contributed by atoms with van der Waals surface area (Å²) in [5, 5.41) is 24.9. The molecule has 0 aliphatic carbocycles. The first-order valence-electron chi connectivity index (χ1n) is 8.95. The molecular formula is C20H15N7O2. The summed E-state index contributed by atoms with van der Waals surface area (Å²) in [6.07, 6.45) is 0. The Balaban J connectivity index is 1.41. The second kappa shape index (κ2) is 7.12. The molecule has 0 N–H and O–H groups in total. The van der Waals surface area contributed by atoms with E-state index in [0.717, 1.165) is 11.1 Å². The van der Waals surface area contributed by atoms with Crippen molar-refractivity contribution in [3.8, 4) is 34.1 Å². The van der Waals surface area contributed by atoms with Crippen LogP contribution in [0.25, 0.3) is 34.1 Å². The van der Waals surface area contributed by atoms with Gasteiger partial charge >= 0.3 is 0 Å². The van der Waals surface area contributed by atoms with Gasteiger partial charge in [-0.05, 0) is 12.1 Å². The lowest BCUT2D eigenvalue weighted by molar-refractivity contribution is 0.399. The van der Waals surface area contributed by atoms with Gasteiger partial charge in [-0.2, -0.15) is 4.80 Å². The van der Waals surface area contributed by atoms with Crippen LogP contribution in [0.3, 0.4) is 0 Å². The smallest absolute Gasteiger partial charge is 0.253 e. The zero-order valence-electron chi connectivity index (χ0n) is 15.4. The second-order valence-corrected chi connectivity index (χ2v) is 6.34. The fraction of sp³-hybridized carbons (Fsp3) is 0.100. The third kappa shape index (κ3) is 3.29. The van der Waals surface area contributed by atoms with Crippen LogP contribution < -0.4 is 0 Å². The van der Waals surface area contributed by atoms with E-state index in [0.29, 0.717) is 34.6 Å². The standard InChI is InChI=1S/C20H15N7O2/c1-13-17(18(25-29-13)14-8-4-2-5-9-14)20-23-21-16(28-20)12-27-24-19(22-26-27)15-10-6-3-7-11-15/h2-11H,12H2,1H3. The normalized spacial score (nSPS) is 11.1. The largest absolute Gasteiger partial charge is 0.418 e. The number of benzene rings is 2. The Morgan fingerprint density at radius 3 is 2.34 bits per heavy atom. The van der Waals surface area contributed by atoms with Gasteiger partial charge in [-0.15, -0.1) is 20.4 Å². The number of nitrogens with zero attached hydrogens (tertiary/aromatic N) is 7. The molecule has 0 amide bonds. The van der Waals surface area contributed by atoms with Crippen molar-refractivity contribution in [3.05, 3.63) is 72.3 Å². The maximum absolute atomic E-state index is 5.84.